The molecule has 0 saturated heterocycles. The fraction of sp³-hybridized carbons (Fsp3) is 0.167. The van der Waals surface area contributed by atoms with Crippen molar-refractivity contribution in [2.45, 2.75) is 31.1 Å². The van der Waals surface area contributed by atoms with E-state index in [1.165, 1.54) is 0 Å². The van der Waals surface area contributed by atoms with Gasteiger partial charge in [-0.1, -0.05) is 81.4 Å². The minimum Gasteiger partial charge on any atom is -0.245 e. The van der Waals surface area contributed by atoms with Gasteiger partial charge in [0.1, 0.15) is 5.71 Å². The topological polar surface area (TPSA) is 58.9 Å². The summed E-state index contributed by atoms with van der Waals surface area (Å²) >= 11 is 0. The van der Waals surface area contributed by atoms with Crippen molar-refractivity contribution < 1.29 is 8.42 Å². The van der Waals surface area contributed by atoms with Gasteiger partial charge in [-0.15, -0.1) is 0 Å². The molecular formula is C24H22N2O2S. The average molecular weight is 403 g/mol. The second-order valence-electron chi connectivity index (χ2n) is 8.03. The molecule has 0 fully saturated rings. The van der Waals surface area contributed by atoms with Gasteiger partial charge in [-0.2, -0.15) is 12.8 Å². The highest BCUT2D eigenvalue weighted by Crippen LogP contribution is 2.31. The molecule has 0 N–H and O–H groups in total. The Balaban J connectivity index is 1.81. The predicted octanol–water partition coefficient (Wildman–Crippen LogP) is 5.30. The number of hydrogen-bond donors (Lipinski definition) is 0. The number of nitrogens with zero attached hydrogens (tertiary/aromatic N) is 2. The molecule has 0 amide bonds. The van der Waals surface area contributed by atoms with Crippen molar-refractivity contribution in [1.82, 2.24) is 0 Å². The van der Waals surface area contributed by atoms with Crippen LogP contribution in [0.2, 0.25) is 0 Å². The molecule has 0 spiro atoms. The molecule has 3 aromatic rings. The molecule has 0 radical (unpaired) electrons. The van der Waals surface area contributed by atoms with Crippen molar-refractivity contribution in [1.29, 1.82) is 0 Å². The Labute approximate surface area is 171 Å². The van der Waals surface area contributed by atoms with E-state index in [1.807, 2.05) is 66.7 Å². The van der Waals surface area contributed by atoms with Gasteiger partial charge in [0.05, 0.1) is 16.3 Å². The monoisotopic (exact) mass is 402 g/mol. The molecule has 1 aliphatic heterocycles. The Bertz CT molecular complexity index is 1220. The molecule has 4 rings (SSSR count). The van der Waals surface area contributed by atoms with Crippen LogP contribution in [0, 0.1) is 0 Å². The van der Waals surface area contributed by atoms with E-state index in [9.17, 15) is 8.42 Å². The third kappa shape index (κ3) is 3.78. The number of benzene rings is 3. The summed E-state index contributed by atoms with van der Waals surface area (Å²) in [6.45, 7) is 6.28. The first-order valence-corrected chi connectivity index (χ1v) is 10.9. The van der Waals surface area contributed by atoms with Crippen LogP contribution in [0.25, 0.3) is 0 Å². The van der Waals surface area contributed by atoms with Crippen molar-refractivity contribution in [3.05, 3.63) is 95.6 Å². The molecule has 0 unspecified atom stereocenters. The van der Waals surface area contributed by atoms with Gasteiger partial charge in [0, 0.05) is 11.1 Å². The highest BCUT2D eigenvalue weighted by Gasteiger charge is 2.27. The molecule has 5 heteroatoms. The maximum atomic E-state index is 13.1. The van der Waals surface area contributed by atoms with Crippen molar-refractivity contribution in [2.24, 2.45) is 9.39 Å². The van der Waals surface area contributed by atoms with Gasteiger partial charge < -0.3 is 0 Å². The zero-order valence-electron chi connectivity index (χ0n) is 16.6. The molecule has 0 bridgehead atoms. The Morgan fingerprint density at radius 3 is 2.07 bits per heavy atom. The van der Waals surface area contributed by atoms with E-state index in [4.69, 9.17) is 0 Å². The molecule has 0 atom stereocenters. The van der Waals surface area contributed by atoms with Crippen LogP contribution < -0.4 is 0 Å². The SMILES string of the molecule is CC(C)(C)c1ccc(S(=O)(=O)/N=C2/C(c3ccccc3)=Nc3ccccc32)cc1. The summed E-state index contributed by atoms with van der Waals surface area (Å²) in [5.74, 6) is 0. The molecule has 0 aliphatic carbocycles. The van der Waals surface area contributed by atoms with Gasteiger partial charge in [-0.25, -0.2) is 4.99 Å². The van der Waals surface area contributed by atoms with E-state index in [-0.39, 0.29) is 10.3 Å². The largest absolute Gasteiger partial charge is 0.282 e. The van der Waals surface area contributed by atoms with Crippen LogP contribution in [-0.2, 0) is 15.4 Å². The van der Waals surface area contributed by atoms with E-state index in [2.05, 4.69) is 30.2 Å². The minimum atomic E-state index is -3.88. The van der Waals surface area contributed by atoms with Crippen molar-refractivity contribution >= 4 is 27.1 Å². The van der Waals surface area contributed by atoms with Crippen LogP contribution in [0.5, 0.6) is 0 Å². The summed E-state index contributed by atoms with van der Waals surface area (Å²) in [5, 5.41) is 0. The number of aliphatic imine (C=N–C) groups is 1. The summed E-state index contributed by atoms with van der Waals surface area (Å²) in [4.78, 5) is 4.82. The first-order valence-electron chi connectivity index (χ1n) is 9.45. The summed E-state index contributed by atoms with van der Waals surface area (Å²) in [5.41, 5.74) is 4.26. The Morgan fingerprint density at radius 1 is 0.793 bits per heavy atom. The molecule has 29 heavy (non-hydrogen) atoms. The van der Waals surface area contributed by atoms with E-state index in [0.717, 1.165) is 22.4 Å². The lowest BCUT2D eigenvalue weighted by Gasteiger charge is -2.18. The molecule has 0 saturated carbocycles. The van der Waals surface area contributed by atoms with Gasteiger partial charge in [0.15, 0.2) is 0 Å². The van der Waals surface area contributed by atoms with Crippen LogP contribution in [0.1, 0.15) is 37.5 Å². The molecule has 4 nitrogen and oxygen atoms in total. The standard InChI is InChI=1S/C24H22N2O2S/c1-24(2,3)18-13-15-19(16-14-18)29(27,28)26-23-20-11-7-8-12-21(20)25-22(23)17-9-5-4-6-10-17/h4-16H,1-3H3/b26-23+. The van der Waals surface area contributed by atoms with Crippen LogP contribution in [-0.4, -0.2) is 19.8 Å². The van der Waals surface area contributed by atoms with Crippen LogP contribution in [0.3, 0.4) is 0 Å². The third-order valence-electron chi connectivity index (χ3n) is 4.89. The number of para-hydroxylation sites is 1. The second kappa shape index (κ2) is 7.08. The smallest absolute Gasteiger partial charge is 0.245 e. The quantitative estimate of drug-likeness (QED) is 0.597. The molecule has 146 valence electrons. The normalized spacial score (nSPS) is 15.3. The zero-order valence-corrected chi connectivity index (χ0v) is 17.4. The number of hydrogen-bond acceptors (Lipinski definition) is 3. The highest BCUT2D eigenvalue weighted by atomic mass is 32.2. The fourth-order valence-electron chi connectivity index (χ4n) is 3.26. The Hall–Kier alpha value is -3.05. The zero-order chi connectivity index (χ0) is 20.6. The molecule has 1 aliphatic rings. The molecule has 0 aromatic heterocycles. The first-order chi connectivity index (χ1) is 13.8. The predicted molar refractivity (Wildman–Crippen MR) is 118 cm³/mol. The maximum absolute atomic E-state index is 13.1. The Morgan fingerprint density at radius 2 is 1.41 bits per heavy atom. The van der Waals surface area contributed by atoms with Crippen LogP contribution in [0.15, 0.2) is 93.1 Å². The lowest BCUT2D eigenvalue weighted by Crippen LogP contribution is -2.15. The van der Waals surface area contributed by atoms with Gasteiger partial charge >= 0.3 is 0 Å². The lowest BCUT2D eigenvalue weighted by atomic mass is 9.87. The summed E-state index contributed by atoms with van der Waals surface area (Å²) in [6, 6.07) is 23.9. The maximum Gasteiger partial charge on any atom is 0.282 e. The first kappa shape index (κ1) is 19.3. The number of fused-ring (bicyclic) bond motifs is 1. The average Bonchev–Trinajstić information content (AvgIpc) is 3.06. The highest BCUT2D eigenvalue weighted by molar-refractivity contribution is 7.90. The number of sulfonamides is 1. The van der Waals surface area contributed by atoms with E-state index in [0.29, 0.717) is 11.4 Å². The van der Waals surface area contributed by atoms with Crippen molar-refractivity contribution in [3.8, 4) is 0 Å². The summed E-state index contributed by atoms with van der Waals surface area (Å²) in [7, 11) is -3.88. The van der Waals surface area contributed by atoms with Crippen LogP contribution >= 0.6 is 0 Å². The van der Waals surface area contributed by atoms with E-state index in [1.54, 1.807) is 12.1 Å². The summed E-state index contributed by atoms with van der Waals surface area (Å²) < 4.78 is 30.4. The number of rotatable bonds is 3. The summed E-state index contributed by atoms with van der Waals surface area (Å²) in [6.07, 6.45) is 0. The fourth-order valence-corrected chi connectivity index (χ4v) is 4.27. The lowest BCUT2D eigenvalue weighted by molar-refractivity contribution is 0.587. The van der Waals surface area contributed by atoms with Crippen molar-refractivity contribution in [3.63, 3.8) is 0 Å². The van der Waals surface area contributed by atoms with E-state index < -0.39 is 10.0 Å². The van der Waals surface area contributed by atoms with Gasteiger partial charge in [0.2, 0.25) is 0 Å². The molecule has 1 heterocycles. The molecular weight excluding hydrogens is 380 g/mol. The van der Waals surface area contributed by atoms with Gasteiger partial charge in [-0.05, 0) is 29.2 Å². The van der Waals surface area contributed by atoms with Crippen molar-refractivity contribution in [2.75, 3.05) is 0 Å². The van der Waals surface area contributed by atoms with Gasteiger partial charge in [0.25, 0.3) is 10.0 Å². The Kier molecular flexibility index (Phi) is 4.71. The molecule has 3 aromatic carbocycles. The second-order valence-corrected chi connectivity index (χ2v) is 9.64. The van der Waals surface area contributed by atoms with Crippen LogP contribution in [0.4, 0.5) is 5.69 Å². The van der Waals surface area contributed by atoms with Gasteiger partial charge in [-0.3, -0.25) is 0 Å². The van der Waals surface area contributed by atoms with E-state index >= 15 is 0 Å². The minimum absolute atomic E-state index is 0.0499. The third-order valence-corrected chi connectivity index (χ3v) is 6.18.